The molecule has 7 heteroatoms. The molecule has 7 nitrogen and oxygen atoms in total. The highest BCUT2D eigenvalue weighted by atomic mass is 16.2. The number of benzene rings is 2. The lowest BCUT2D eigenvalue weighted by Crippen LogP contribution is -2.44. The summed E-state index contributed by atoms with van der Waals surface area (Å²) in [4.78, 5) is 46.3. The number of hydrogen-bond acceptors (Lipinski definition) is 4. The van der Waals surface area contributed by atoms with Crippen LogP contribution >= 0.6 is 0 Å². The average Bonchev–Trinajstić information content (AvgIpc) is 2.81. The second-order valence-electron chi connectivity index (χ2n) is 8.02. The third kappa shape index (κ3) is 4.35. The Kier molecular flexibility index (Phi) is 6.22. The summed E-state index contributed by atoms with van der Waals surface area (Å²) in [6.07, 6.45) is 0. The van der Waals surface area contributed by atoms with E-state index in [1.165, 1.54) is 4.57 Å². The molecule has 2 heterocycles. The van der Waals surface area contributed by atoms with Crippen LogP contribution in [0.4, 0.5) is 0 Å². The zero-order valence-electron chi connectivity index (χ0n) is 19.0. The molecule has 0 bridgehead atoms. The molecule has 0 saturated carbocycles. The van der Waals surface area contributed by atoms with E-state index in [4.69, 9.17) is 0 Å². The van der Waals surface area contributed by atoms with E-state index in [1.807, 2.05) is 75.4 Å². The fourth-order valence-electron chi connectivity index (χ4n) is 4.04. The number of likely N-dealkylation sites (N-methyl/N-ethyl adjacent to an activating group) is 1. The van der Waals surface area contributed by atoms with Crippen molar-refractivity contribution in [2.24, 2.45) is 0 Å². The summed E-state index contributed by atoms with van der Waals surface area (Å²) in [5, 5.41) is 0.336. The quantitative estimate of drug-likeness (QED) is 0.459. The molecule has 0 aliphatic heterocycles. The summed E-state index contributed by atoms with van der Waals surface area (Å²) in [5.41, 5.74) is 2.20. The van der Waals surface area contributed by atoms with E-state index in [0.29, 0.717) is 41.1 Å². The van der Waals surface area contributed by atoms with E-state index in [2.05, 4.69) is 4.98 Å². The molecule has 0 atom stereocenters. The molecule has 0 unspecified atom stereocenters. The number of hydrogen-bond donors (Lipinski definition) is 0. The maximum atomic E-state index is 13.5. The van der Waals surface area contributed by atoms with Gasteiger partial charge in [0.15, 0.2) is 5.65 Å². The highest BCUT2D eigenvalue weighted by Crippen LogP contribution is 2.16. The van der Waals surface area contributed by atoms with Crippen LogP contribution in [0.5, 0.6) is 0 Å². The Morgan fingerprint density at radius 1 is 0.970 bits per heavy atom. The number of carbonyl (C=O) groups is 1. The number of nitrogens with zero attached hydrogens (tertiary/aromatic N) is 4. The van der Waals surface area contributed by atoms with E-state index in [0.717, 1.165) is 10.1 Å². The molecule has 0 aliphatic carbocycles. The van der Waals surface area contributed by atoms with Crippen molar-refractivity contribution in [3.63, 3.8) is 0 Å². The van der Waals surface area contributed by atoms with Crippen LogP contribution in [-0.2, 0) is 17.9 Å². The van der Waals surface area contributed by atoms with E-state index in [-0.39, 0.29) is 12.5 Å². The summed E-state index contributed by atoms with van der Waals surface area (Å²) in [7, 11) is 0. The SMILES string of the molecule is CCN(Cc1ccccc1)C(=O)Cn1c(=O)c2c(C)cc(C)nc2n(-c2ccccc2)c1=O. The largest absolute Gasteiger partial charge is 0.337 e. The van der Waals surface area contributed by atoms with Gasteiger partial charge in [-0.3, -0.25) is 9.59 Å². The summed E-state index contributed by atoms with van der Waals surface area (Å²) in [6, 6.07) is 20.5. The third-order valence-corrected chi connectivity index (χ3v) is 5.68. The number of pyridine rings is 1. The predicted molar refractivity (Wildman–Crippen MR) is 129 cm³/mol. The van der Waals surface area contributed by atoms with Crippen LogP contribution in [0.3, 0.4) is 0 Å². The van der Waals surface area contributed by atoms with Crippen molar-refractivity contribution >= 4 is 16.9 Å². The van der Waals surface area contributed by atoms with Gasteiger partial charge in [-0.05, 0) is 50.1 Å². The minimum atomic E-state index is -0.583. The molecule has 0 spiro atoms. The van der Waals surface area contributed by atoms with Crippen LogP contribution in [0, 0.1) is 13.8 Å². The van der Waals surface area contributed by atoms with E-state index in [9.17, 15) is 14.4 Å². The number of para-hydroxylation sites is 1. The smallest absolute Gasteiger partial charge is 0.337 e. The van der Waals surface area contributed by atoms with Crippen LogP contribution in [-0.4, -0.2) is 31.5 Å². The summed E-state index contributed by atoms with van der Waals surface area (Å²) in [5.74, 6) is -0.294. The number of rotatable bonds is 6. The van der Waals surface area contributed by atoms with Gasteiger partial charge in [0, 0.05) is 18.8 Å². The molecule has 33 heavy (non-hydrogen) atoms. The van der Waals surface area contributed by atoms with Crippen molar-refractivity contribution < 1.29 is 4.79 Å². The van der Waals surface area contributed by atoms with Crippen LogP contribution in [0.1, 0.15) is 23.7 Å². The maximum absolute atomic E-state index is 13.5. The molecule has 1 amide bonds. The highest BCUT2D eigenvalue weighted by Gasteiger charge is 2.21. The molecule has 0 radical (unpaired) electrons. The first kappa shape index (κ1) is 22.2. The van der Waals surface area contributed by atoms with Crippen molar-refractivity contribution in [2.45, 2.75) is 33.9 Å². The molecular formula is C26H26N4O3. The average molecular weight is 443 g/mol. The summed E-state index contributed by atoms with van der Waals surface area (Å²) < 4.78 is 2.44. The zero-order chi connectivity index (χ0) is 23.5. The molecule has 168 valence electrons. The van der Waals surface area contributed by atoms with Crippen molar-refractivity contribution in [2.75, 3.05) is 6.54 Å². The van der Waals surface area contributed by atoms with Gasteiger partial charge in [-0.2, -0.15) is 0 Å². The van der Waals surface area contributed by atoms with Gasteiger partial charge >= 0.3 is 5.69 Å². The van der Waals surface area contributed by atoms with Gasteiger partial charge in [-0.25, -0.2) is 18.9 Å². The number of fused-ring (bicyclic) bond motifs is 1. The molecule has 2 aromatic heterocycles. The summed E-state index contributed by atoms with van der Waals surface area (Å²) >= 11 is 0. The van der Waals surface area contributed by atoms with Gasteiger partial charge < -0.3 is 4.90 Å². The molecular weight excluding hydrogens is 416 g/mol. The third-order valence-electron chi connectivity index (χ3n) is 5.68. The monoisotopic (exact) mass is 442 g/mol. The van der Waals surface area contributed by atoms with Gasteiger partial charge in [-0.15, -0.1) is 0 Å². The fraction of sp³-hybridized carbons (Fsp3) is 0.231. The predicted octanol–water partition coefficient (Wildman–Crippen LogP) is 3.21. The van der Waals surface area contributed by atoms with Crippen molar-refractivity contribution in [1.29, 1.82) is 0 Å². The molecule has 4 aromatic rings. The minimum Gasteiger partial charge on any atom is -0.337 e. The highest BCUT2D eigenvalue weighted by molar-refractivity contribution is 5.81. The lowest BCUT2D eigenvalue weighted by Gasteiger charge is -2.22. The lowest BCUT2D eigenvalue weighted by atomic mass is 10.1. The fourth-order valence-corrected chi connectivity index (χ4v) is 4.04. The van der Waals surface area contributed by atoms with Crippen LogP contribution < -0.4 is 11.2 Å². The van der Waals surface area contributed by atoms with E-state index >= 15 is 0 Å². The van der Waals surface area contributed by atoms with Gasteiger partial charge in [0.25, 0.3) is 5.56 Å². The first-order valence-electron chi connectivity index (χ1n) is 10.9. The molecule has 0 N–H and O–H groups in total. The number of aromatic nitrogens is 3. The Balaban J connectivity index is 1.85. The number of carbonyl (C=O) groups excluding carboxylic acids is 1. The zero-order valence-corrected chi connectivity index (χ0v) is 19.0. The molecule has 4 rings (SSSR count). The Morgan fingerprint density at radius 2 is 1.61 bits per heavy atom. The van der Waals surface area contributed by atoms with Crippen LogP contribution in [0.25, 0.3) is 16.7 Å². The Morgan fingerprint density at radius 3 is 2.24 bits per heavy atom. The van der Waals surface area contributed by atoms with Gasteiger partial charge in [0.05, 0.1) is 11.1 Å². The molecule has 0 aliphatic rings. The lowest BCUT2D eigenvalue weighted by molar-refractivity contribution is -0.132. The van der Waals surface area contributed by atoms with Crippen LogP contribution in [0.15, 0.2) is 76.3 Å². The maximum Gasteiger partial charge on any atom is 0.337 e. The van der Waals surface area contributed by atoms with Crippen LogP contribution in [0.2, 0.25) is 0 Å². The van der Waals surface area contributed by atoms with Gasteiger partial charge in [0.2, 0.25) is 5.91 Å². The first-order valence-corrected chi connectivity index (χ1v) is 10.9. The van der Waals surface area contributed by atoms with E-state index < -0.39 is 11.2 Å². The first-order chi connectivity index (χ1) is 15.9. The summed E-state index contributed by atoms with van der Waals surface area (Å²) in [6.45, 7) is 6.05. The second kappa shape index (κ2) is 9.24. The van der Waals surface area contributed by atoms with Crippen molar-refractivity contribution in [3.05, 3.63) is 104 Å². The molecule has 0 saturated heterocycles. The molecule has 0 fully saturated rings. The van der Waals surface area contributed by atoms with Gasteiger partial charge in [0.1, 0.15) is 6.54 Å². The molecule has 2 aromatic carbocycles. The van der Waals surface area contributed by atoms with Gasteiger partial charge in [-0.1, -0.05) is 48.5 Å². The van der Waals surface area contributed by atoms with E-state index in [1.54, 1.807) is 17.0 Å². The normalized spacial score (nSPS) is 11.0. The minimum absolute atomic E-state index is 0.294. The second-order valence-corrected chi connectivity index (χ2v) is 8.02. The van der Waals surface area contributed by atoms with Crippen molar-refractivity contribution in [3.8, 4) is 5.69 Å². The Labute approximate surface area is 191 Å². The van der Waals surface area contributed by atoms with Crippen molar-refractivity contribution in [1.82, 2.24) is 19.0 Å². The Hall–Kier alpha value is -4.00. The Bertz CT molecular complexity index is 1420. The number of aryl methyl sites for hydroxylation is 2. The number of amides is 1. The standard InChI is InChI=1S/C26H26N4O3/c1-4-28(16-20-11-7-5-8-12-20)22(31)17-29-25(32)23-18(2)15-19(3)27-24(23)30(26(29)33)21-13-9-6-10-14-21/h5-15H,4,16-17H2,1-3H3. The topological polar surface area (TPSA) is 77.2 Å².